The Morgan fingerprint density at radius 3 is 2.13 bits per heavy atom. The van der Waals surface area contributed by atoms with Crippen LogP contribution in [0, 0.1) is 25.0 Å². The molecule has 307 valence electrons. The van der Waals surface area contributed by atoms with Gasteiger partial charge in [-0.3, -0.25) is 9.97 Å². The van der Waals surface area contributed by atoms with E-state index in [1.807, 2.05) is 49.5 Å². The van der Waals surface area contributed by atoms with E-state index in [2.05, 4.69) is 153 Å². The Labute approximate surface area is 372 Å². The monoisotopic (exact) mass is 992 g/mol. The summed E-state index contributed by atoms with van der Waals surface area (Å²) in [6.45, 7) is 18.3. The topological polar surface area (TPSA) is 69.6 Å². The van der Waals surface area contributed by atoms with Crippen LogP contribution in [0.15, 0.2) is 132 Å². The number of pyridine rings is 3. The van der Waals surface area contributed by atoms with E-state index < -0.39 is 8.07 Å². The summed E-state index contributed by atoms with van der Waals surface area (Å²) in [7, 11) is -1.34. The van der Waals surface area contributed by atoms with Crippen LogP contribution >= 0.6 is 0 Å². The molecule has 0 N–H and O–H groups in total. The number of rotatable bonds is 7. The van der Waals surface area contributed by atoms with Crippen LogP contribution in [-0.2, 0) is 26.5 Å². The molecule has 0 bridgehead atoms. The molecular formula is C53H49IrN5OSi-2. The van der Waals surface area contributed by atoms with Crippen molar-refractivity contribution in [1.82, 2.24) is 24.5 Å². The average Bonchev–Trinajstić information content (AvgIpc) is 3.81. The fourth-order valence-corrected chi connectivity index (χ4v) is 10.3. The van der Waals surface area contributed by atoms with Gasteiger partial charge in [0.25, 0.3) is 0 Å². The summed E-state index contributed by atoms with van der Waals surface area (Å²) in [5.74, 6) is 1.73. The summed E-state index contributed by atoms with van der Waals surface area (Å²) in [6.07, 6.45) is 6.94. The molecule has 5 heterocycles. The van der Waals surface area contributed by atoms with Gasteiger partial charge >= 0.3 is 0 Å². The minimum Gasteiger partial charge on any atom is -0.458 e. The second kappa shape index (κ2) is 16.9. The molecule has 0 amide bonds. The SMILES string of the molecule is CC(C)Cc1cc(-c2[c-]cccc2)ncc1[Si](C)(C)C.Cc1cc2nc(-c3[c-]ccc4oc5ncccc5c34)n(-c3c(C(C)C)c4ccccc4c4ccccc34)c2cn1.[Ir]. The summed E-state index contributed by atoms with van der Waals surface area (Å²) in [6, 6.07) is 44.5. The summed E-state index contributed by atoms with van der Waals surface area (Å²) >= 11 is 0. The second-order valence-electron chi connectivity index (χ2n) is 17.5. The van der Waals surface area contributed by atoms with Crippen LogP contribution in [0.25, 0.3) is 83.0 Å². The van der Waals surface area contributed by atoms with Crippen LogP contribution < -0.4 is 5.19 Å². The third kappa shape index (κ3) is 7.85. The van der Waals surface area contributed by atoms with Gasteiger partial charge in [-0.15, -0.1) is 48.0 Å². The Bertz CT molecular complexity index is 3200. The Kier molecular flexibility index (Phi) is 11.6. The number of hydrogen-bond acceptors (Lipinski definition) is 5. The molecule has 0 aliphatic carbocycles. The van der Waals surface area contributed by atoms with E-state index in [9.17, 15) is 0 Å². The summed E-state index contributed by atoms with van der Waals surface area (Å²) in [5.41, 5.74) is 11.0. The zero-order valence-electron chi connectivity index (χ0n) is 36.0. The van der Waals surface area contributed by atoms with Crippen molar-refractivity contribution in [2.75, 3.05) is 0 Å². The maximum Gasteiger partial charge on any atom is 0.215 e. The van der Waals surface area contributed by atoms with E-state index in [-0.39, 0.29) is 26.0 Å². The molecule has 61 heavy (non-hydrogen) atoms. The summed E-state index contributed by atoms with van der Waals surface area (Å²) in [4.78, 5) is 19.2. The van der Waals surface area contributed by atoms with Gasteiger partial charge in [0.05, 0.1) is 42.4 Å². The zero-order chi connectivity index (χ0) is 41.7. The third-order valence-electron chi connectivity index (χ3n) is 11.3. The van der Waals surface area contributed by atoms with Gasteiger partial charge in [-0.2, -0.15) is 0 Å². The van der Waals surface area contributed by atoms with Crippen molar-refractivity contribution >= 4 is 67.9 Å². The van der Waals surface area contributed by atoms with Crippen molar-refractivity contribution in [2.24, 2.45) is 5.92 Å². The largest absolute Gasteiger partial charge is 0.458 e. The molecule has 0 saturated heterocycles. The first kappa shape index (κ1) is 41.9. The number of benzene rings is 5. The van der Waals surface area contributed by atoms with Crippen LogP contribution in [0.4, 0.5) is 0 Å². The van der Waals surface area contributed by atoms with E-state index in [0.29, 0.717) is 11.6 Å². The standard InChI is InChI=1S/C35H25N4O.C18H24NSi.Ir/c1-20(2)31-24-12-6-4-10-22(24)23-11-5-7-13-25(23)33(31)39-29-19-37-21(3)18-28(29)38-34(39)26-14-8-16-30-32(26)27-15-9-17-36-35(27)40-30;1-14(2)11-16-12-17(15-9-7-6-8-10-15)19-13-18(16)20(3,4)5;/h4-13,15-20H,1-3H3;6-9,12-14H,11H2,1-5H3;/q2*-1;. The second-order valence-corrected chi connectivity index (χ2v) is 22.5. The molecule has 5 aromatic carbocycles. The van der Waals surface area contributed by atoms with Gasteiger partial charge in [0.15, 0.2) is 0 Å². The van der Waals surface area contributed by atoms with E-state index >= 15 is 0 Å². The maximum atomic E-state index is 6.16. The maximum absolute atomic E-state index is 6.16. The Morgan fingerprint density at radius 1 is 0.721 bits per heavy atom. The molecule has 0 fully saturated rings. The van der Waals surface area contributed by atoms with Crippen LogP contribution in [0.1, 0.15) is 50.4 Å². The van der Waals surface area contributed by atoms with Crippen molar-refractivity contribution in [3.63, 3.8) is 0 Å². The summed E-state index contributed by atoms with van der Waals surface area (Å²) < 4.78 is 8.46. The molecule has 8 heteroatoms. The van der Waals surface area contributed by atoms with Crippen molar-refractivity contribution in [3.05, 3.63) is 157 Å². The summed E-state index contributed by atoms with van der Waals surface area (Å²) in [5, 5.41) is 8.30. The molecule has 0 unspecified atom stereocenters. The number of aryl methyl sites for hydroxylation is 1. The first-order valence-corrected chi connectivity index (χ1v) is 24.4. The molecule has 0 atom stereocenters. The van der Waals surface area contributed by atoms with Gasteiger partial charge in [0.2, 0.25) is 5.71 Å². The molecule has 0 aliphatic rings. The van der Waals surface area contributed by atoms with E-state index in [1.54, 1.807) is 6.20 Å². The Hall–Kier alpha value is -5.79. The first-order chi connectivity index (χ1) is 29.0. The number of imidazole rings is 1. The van der Waals surface area contributed by atoms with E-state index in [1.165, 1.54) is 37.9 Å². The third-order valence-corrected chi connectivity index (χ3v) is 13.3. The predicted octanol–water partition coefficient (Wildman–Crippen LogP) is 13.2. The first-order valence-electron chi connectivity index (χ1n) is 20.9. The normalized spacial score (nSPS) is 11.8. The molecule has 0 saturated carbocycles. The molecular weight excluding hydrogens is 943 g/mol. The van der Waals surface area contributed by atoms with Gasteiger partial charge in [-0.25, -0.2) is 4.98 Å². The minimum absolute atomic E-state index is 0. The van der Waals surface area contributed by atoms with Crippen LogP contribution in [0.5, 0.6) is 0 Å². The van der Waals surface area contributed by atoms with Gasteiger partial charge in [0, 0.05) is 49.0 Å². The van der Waals surface area contributed by atoms with Crippen LogP contribution in [0.2, 0.25) is 19.6 Å². The number of furan rings is 1. The molecule has 5 aromatic heterocycles. The molecule has 10 rings (SSSR count). The molecule has 1 radical (unpaired) electrons. The van der Waals surface area contributed by atoms with Crippen molar-refractivity contribution in [2.45, 2.75) is 66.6 Å². The van der Waals surface area contributed by atoms with Gasteiger partial charge < -0.3 is 14.0 Å². The van der Waals surface area contributed by atoms with Gasteiger partial charge in [-0.05, 0) is 69.9 Å². The van der Waals surface area contributed by atoms with Crippen molar-refractivity contribution in [3.8, 4) is 28.3 Å². The number of aromatic nitrogens is 5. The molecule has 10 aromatic rings. The van der Waals surface area contributed by atoms with Gasteiger partial charge in [0.1, 0.15) is 0 Å². The molecule has 0 aliphatic heterocycles. The molecule has 6 nitrogen and oxygen atoms in total. The van der Waals surface area contributed by atoms with Crippen molar-refractivity contribution in [1.29, 1.82) is 0 Å². The minimum atomic E-state index is -1.34. The Balaban J connectivity index is 0.000000208. The fourth-order valence-electron chi connectivity index (χ4n) is 8.70. The molecule has 0 spiro atoms. The fraction of sp³-hybridized carbons (Fsp3) is 0.208. The van der Waals surface area contributed by atoms with E-state index in [4.69, 9.17) is 14.4 Å². The van der Waals surface area contributed by atoms with Crippen LogP contribution in [-0.4, -0.2) is 32.6 Å². The number of hydrogen-bond donors (Lipinski definition) is 0. The zero-order valence-corrected chi connectivity index (χ0v) is 39.4. The van der Waals surface area contributed by atoms with Crippen LogP contribution in [0.3, 0.4) is 0 Å². The average molecular weight is 992 g/mol. The number of nitrogens with zero attached hydrogens (tertiary/aromatic N) is 5. The quantitative estimate of drug-likeness (QED) is 0.0904. The predicted molar refractivity (Wildman–Crippen MR) is 252 cm³/mol. The van der Waals surface area contributed by atoms with Crippen molar-refractivity contribution < 1.29 is 24.5 Å². The smallest absolute Gasteiger partial charge is 0.215 e. The number of fused-ring (bicyclic) bond motifs is 7. The van der Waals surface area contributed by atoms with Gasteiger partial charge in [-0.1, -0.05) is 131 Å². The Morgan fingerprint density at radius 2 is 1.43 bits per heavy atom. The van der Waals surface area contributed by atoms with E-state index in [0.717, 1.165) is 67.8 Å².